The maximum absolute atomic E-state index is 13.5. The number of amides is 1. The van der Waals surface area contributed by atoms with Gasteiger partial charge in [0.15, 0.2) is 16.6 Å². The lowest BCUT2D eigenvalue weighted by molar-refractivity contribution is -0.116. The lowest BCUT2D eigenvalue weighted by Crippen LogP contribution is -2.32. The Bertz CT molecular complexity index is 1010. The summed E-state index contributed by atoms with van der Waals surface area (Å²) in [5, 5.41) is 8.59. The minimum atomic E-state index is -0.377. The molecule has 0 fully saturated rings. The highest BCUT2D eigenvalue weighted by atomic mass is 32.1. The smallest absolute Gasteiger partial charge is 0.228 e. The van der Waals surface area contributed by atoms with Crippen molar-refractivity contribution in [1.82, 2.24) is 10.3 Å². The van der Waals surface area contributed by atoms with Crippen LogP contribution in [0.1, 0.15) is 23.6 Å². The first-order valence-corrected chi connectivity index (χ1v) is 10.1. The van der Waals surface area contributed by atoms with Gasteiger partial charge in [-0.1, -0.05) is 6.07 Å². The minimum absolute atomic E-state index is 0.117. The summed E-state index contributed by atoms with van der Waals surface area (Å²) >= 11 is 1.38. The van der Waals surface area contributed by atoms with E-state index < -0.39 is 0 Å². The largest absolute Gasteiger partial charge is 0.493 e. The van der Waals surface area contributed by atoms with Crippen LogP contribution in [-0.4, -0.2) is 24.5 Å². The van der Waals surface area contributed by atoms with Crippen molar-refractivity contribution >= 4 is 22.4 Å². The summed E-state index contributed by atoms with van der Waals surface area (Å²) < 4.78 is 24.9. The van der Waals surface area contributed by atoms with Gasteiger partial charge in [0.2, 0.25) is 5.91 Å². The van der Waals surface area contributed by atoms with E-state index in [4.69, 9.17) is 9.47 Å². The monoisotopic (exact) mass is 413 g/mol. The van der Waals surface area contributed by atoms with Gasteiger partial charge in [-0.15, -0.1) is 11.3 Å². The average molecular weight is 413 g/mol. The van der Waals surface area contributed by atoms with Gasteiger partial charge in [-0.25, -0.2) is 9.37 Å². The van der Waals surface area contributed by atoms with Crippen molar-refractivity contribution in [1.29, 1.82) is 0 Å². The van der Waals surface area contributed by atoms with E-state index >= 15 is 0 Å². The van der Waals surface area contributed by atoms with Crippen LogP contribution in [0.5, 0.6) is 17.2 Å². The van der Waals surface area contributed by atoms with Gasteiger partial charge in [0.1, 0.15) is 11.6 Å². The van der Waals surface area contributed by atoms with Crippen LogP contribution >= 0.6 is 11.3 Å². The molecule has 0 saturated heterocycles. The molecule has 0 spiro atoms. The van der Waals surface area contributed by atoms with Crippen LogP contribution in [0, 0.1) is 5.82 Å². The van der Waals surface area contributed by atoms with Crippen LogP contribution in [0.3, 0.4) is 0 Å². The van der Waals surface area contributed by atoms with Crippen LogP contribution in [0.25, 0.3) is 0 Å². The SMILES string of the molecule is COc1cc2c(cc1Oc1cccc(F)c1)C(CC(=O)Nc1nccs1)NCC2. The maximum Gasteiger partial charge on any atom is 0.228 e. The van der Waals surface area contributed by atoms with Crippen LogP contribution in [0.4, 0.5) is 9.52 Å². The highest BCUT2D eigenvalue weighted by Crippen LogP contribution is 2.38. The molecule has 29 heavy (non-hydrogen) atoms. The van der Waals surface area contributed by atoms with E-state index in [2.05, 4.69) is 15.6 Å². The molecule has 1 aromatic heterocycles. The average Bonchev–Trinajstić information content (AvgIpc) is 3.21. The predicted molar refractivity (Wildman–Crippen MR) is 109 cm³/mol. The minimum Gasteiger partial charge on any atom is -0.493 e. The molecule has 6 nitrogen and oxygen atoms in total. The van der Waals surface area contributed by atoms with Gasteiger partial charge in [0.05, 0.1) is 7.11 Å². The fourth-order valence-corrected chi connectivity index (χ4v) is 3.91. The Balaban J connectivity index is 1.59. The molecule has 3 aromatic rings. The third kappa shape index (κ3) is 4.55. The van der Waals surface area contributed by atoms with Crippen molar-refractivity contribution in [3.05, 3.63) is 64.9 Å². The van der Waals surface area contributed by atoms with E-state index in [-0.39, 0.29) is 24.2 Å². The zero-order chi connectivity index (χ0) is 20.2. The molecule has 8 heteroatoms. The molecule has 4 rings (SSSR count). The van der Waals surface area contributed by atoms with E-state index in [1.165, 1.54) is 23.5 Å². The quantitative estimate of drug-likeness (QED) is 0.630. The Hall–Kier alpha value is -2.97. The number of methoxy groups -OCH3 is 1. The first-order chi connectivity index (χ1) is 14.1. The number of nitrogens with one attached hydrogen (secondary N) is 2. The van der Waals surface area contributed by atoms with Gasteiger partial charge >= 0.3 is 0 Å². The molecule has 0 saturated carbocycles. The molecule has 1 unspecified atom stereocenters. The molecular weight excluding hydrogens is 393 g/mol. The molecule has 0 bridgehead atoms. The third-order valence-electron chi connectivity index (χ3n) is 4.68. The predicted octanol–water partition coefficient (Wildman–Crippen LogP) is 4.30. The fourth-order valence-electron chi connectivity index (χ4n) is 3.37. The van der Waals surface area contributed by atoms with Gasteiger partial charge in [-0.05, 0) is 48.4 Å². The Labute approximate surface area is 171 Å². The molecule has 1 aliphatic heterocycles. The van der Waals surface area contributed by atoms with E-state index in [0.29, 0.717) is 22.4 Å². The summed E-state index contributed by atoms with van der Waals surface area (Å²) in [7, 11) is 1.57. The van der Waals surface area contributed by atoms with Crippen LogP contribution in [0.15, 0.2) is 48.0 Å². The van der Waals surface area contributed by atoms with E-state index in [1.807, 2.05) is 17.5 Å². The van der Waals surface area contributed by atoms with E-state index in [0.717, 1.165) is 24.1 Å². The molecule has 0 aliphatic carbocycles. The second-order valence-corrected chi connectivity index (χ2v) is 7.50. The number of carbonyl (C=O) groups excluding carboxylic acids is 1. The van der Waals surface area contributed by atoms with E-state index in [1.54, 1.807) is 25.4 Å². The number of nitrogens with zero attached hydrogens (tertiary/aromatic N) is 1. The number of ether oxygens (including phenoxy) is 2. The lowest BCUT2D eigenvalue weighted by Gasteiger charge is -2.28. The van der Waals surface area contributed by atoms with Gasteiger partial charge in [-0.2, -0.15) is 0 Å². The molecule has 150 valence electrons. The Morgan fingerprint density at radius 2 is 2.24 bits per heavy atom. The summed E-state index contributed by atoms with van der Waals surface area (Å²) in [4.78, 5) is 16.5. The number of rotatable bonds is 6. The van der Waals surface area contributed by atoms with Crippen molar-refractivity contribution in [3.63, 3.8) is 0 Å². The van der Waals surface area contributed by atoms with Gasteiger partial charge in [0.25, 0.3) is 0 Å². The summed E-state index contributed by atoms with van der Waals surface area (Å²) in [6.45, 7) is 0.759. The topological polar surface area (TPSA) is 72.5 Å². The molecule has 2 N–H and O–H groups in total. The normalized spacial score (nSPS) is 15.4. The first kappa shape index (κ1) is 19.4. The number of hydrogen-bond donors (Lipinski definition) is 2. The van der Waals surface area contributed by atoms with Crippen LogP contribution in [0.2, 0.25) is 0 Å². The highest BCUT2D eigenvalue weighted by Gasteiger charge is 2.25. The third-order valence-corrected chi connectivity index (χ3v) is 5.37. The number of carbonyl (C=O) groups is 1. The standard InChI is InChI=1S/C21H20FN3O3S/c1-27-18-9-13-5-6-23-17(12-20(26)25-21-24-7-8-29-21)16(13)11-19(18)28-15-4-2-3-14(22)10-15/h2-4,7-11,17,23H,5-6,12H2,1H3,(H,24,25,26). The molecule has 0 radical (unpaired) electrons. The van der Waals surface area contributed by atoms with Crippen molar-refractivity contribution < 1.29 is 18.7 Å². The number of benzene rings is 2. The van der Waals surface area contributed by atoms with Crippen molar-refractivity contribution in [3.8, 4) is 17.2 Å². The van der Waals surface area contributed by atoms with Gasteiger partial charge < -0.3 is 20.1 Å². The fraction of sp³-hybridized carbons (Fsp3) is 0.238. The lowest BCUT2D eigenvalue weighted by atomic mass is 9.91. The highest BCUT2D eigenvalue weighted by molar-refractivity contribution is 7.13. The molecular formula is C21H20FN3O3S. The second-order valence-electron chi connectivity index (χ2n) is 6.61. The maximum atomic E-state index is 13.5. The number of aromatic nitrogens is 1. The van der Waals surface area contributed by atoms with E-state index in [9.17, 15) is 9.18 Å². The number of fused-ring (bicyclic) bond motifs is 1. The van der Waals surface area contributed by atoms with Crippen molar-refractivity contribution in [2.45, 2.75) is 18.9 Å². The zero-order valence-corrected chi connectivity index (χ0v) is 16.6. The number of hydrogen-bond acceptors (Lipinski definition) is 6. The van der Waals surface area contributed by atoms with Gasteiger partial charge in [-0.3, -0.25) is 4.79 Å². The Morgan fingerprint density at radius 3 is 3.00 bits per heavy atom. The van der Waals surface area contributed by atoms with Crippen LogP contribution < -0.4 is 20.1 Å². The first-order valence-electron chi connectivity index (χ1n) is 9.19. The number of halogens is 1. The molecule has 1 amide bonds. The number of thiazole rings is 1. The van der Waals surface area contributed by atoms with Gasteiger partial charge in [0, 0.05) is 30.1 Å². The Kier molecular flexibility index (Phi) is 5.73. The second kappa shape index (κ2) is 8.59. The molecule has 2 aromatic carbocycles. The summed E-state index contributed by atoms with van der Waals surface area (Å²) in [6.07, 6.45) is 2.73. The summed E-state index contributed by atoms with van der Waals surface area (Å²) in [5.74, 6) is 0.934. The summed E-state index contributed by atoms with van der Waals surface area (Å²) in [5.41, 5.74) is 2.07. The zero-order valence-electron chi connectivity index (χ0n) is 15.8. The molecule has 1 atom stereocenters. The van der Waals surface area contributed by atoms with Crippen LogP contribution in [-0.2, 0) is 11.2 Å². The van der Waals surface area contributed by atoms with Crippen molar-refractivity contribution in [2.24, 2.45) is 0 Å². The van der Waals surface area contributed by atoms with Crippen molar-refractivity contribution in [2.75, 3.05) is 19.0 Å². The molecule has 1 aliphatic rings. The number of anilines is 1. The molecule has 2 heterocycles. The Morgan fingerprint density at radius 1 is 1.34 bits per heavy atom. The summed E-state index contributed by atoms with van der Waals surface area (Å²) in [6, 6.07) is 9.57.